The largest absolute Gasteiger partial charge is 0.457 e. The van der Waals surface area contributed by atoms with E-state index in [2.05, 4.69) is 0 Å². The monoisotopic (exact) mass is 328 g/mol. The molecule has 0 aliphatic heterocycles. The smallest absolute Gasteiger partial charge is 0.133 e. The van der Waals surface area contributed by atoms with E-state index in [9.17, 15) is 0 Å². The molecule has 5 heteroatoms. The van der Waals surface area contributed by atoms with Crippen LogP contribution in [-0.4, -0.2) is 0 Å². The predicted molar refractivity (Wildman–Crippen MR) is 95.5 cm³/mol. The normalized spacial score (nSPS) is 9.74. The molecule has 0 radical (unpaired) electrons. The van der Waals surface area contributed by atoms with Crippen molar-refractivity contribution in [1.29, 1.82) is 0 Å². The molecule has 3 aromatic carbocycles. The molecular formula is C18H17ClN2O2. The maximum Gasteiger partial charge on any atom is 0.133 e. The number of para-hydroxylation sites is 1. The highest BCUT2D eigenvalue weighted by molar-refractivity contribution is 5.85. The summed E-state index contributed by atoms with van der Waals surface area (Å²) < 4.78 is 11.6. The fraction of sp³-hybridized carbons (Fsp3) is 0. The van der Waals surface area contributed by atoms with E-state index in [1.807, 2.05) is 30.3 Å². The van der Waals surface area contributed by atoms with Gasteiger partial charge in [-0.15, -0.1) is 12.4 Å². The molecule has 0 saturated heterocycles. The number of hydrogen-bond donors (Lipinski definition) is 2. The highest BCUT2D eigenvalue weighted by atomic mass is 35.5. The van der Waals surface area contributed by atoms with Crippen molar-refractivity contribution >= 4 is 23.8 Å². The average molecular weight is 329 g/mol. The SMILES string of the molecule is Cl.Nc1ccc(Oc2cc(N)cc(Oc3ccccc3)c2)cc1. The number of hydrogen-bond acceptors (Lipinski definition) is 4. The molecule has 0 saturated carbocycles. The highest BCUT2D eigenvalue weighted by Gasteiger charge is 2.04. The quantitative estimate of drug-likeness (QED) is 0.671. The zero-order valence-corrected chi connectivity index (χ0v) is 13.1. The van der Waals surface area contributed by atoms with Crippen LogP contribution in [0.5, 0.6) is 23.0 Å². The molecule has 4 N–H and O–H groups in total. The Kier molecular flexibility index (Phi) is 5.33. The molecule has 0 aliphatic carbocycles. The van der Waals surface area contributed by atoms with Crippen molar-refractivity contribution < 1.29 is 9.47 Å². The molecule has 23 heavy (non-hydrogen) atoms. The van der Waals surface area contributed by atoms with Gasteiger partial charge in [0.1, 0.15) is 23.0 Å². The Hall–Kier alpha value is -2.85. The number of nitrogens with two attached hydrogens (primary N) is 2. The number of halogens is 1. The Balaban J connectivity index is 0.00000192. The number of nitrogen functional groups attached to an aromatic ring is 2. The molecule has 3 aromatic rings. The standard InChI is InChI=1S/C18H16N2O2.ClH/c19-13-6-8-16(9-7-13)22-18-11-14(20)10-17(12-18)21-15-4-2-1-3-5-15;/h1-12H,19-20H2;1H. The summed E-state index contributed by atoms with van der Waals surface area (Å²) in [5, 5.41) is 0. The van der Waals surface area contributed by atoms with Crippen LogP contribution in [0, 0.1) is 0 Å². The minimum absolute atomic E-state index is 0. The van der Waals surface area contributed by atoms with Crippen LogP contribution in [0.3, 0.4) is 0 Å². The lowest BCUT2D eigenvalue weighted by Crippen LogP contribution is -1.92. The Morgan fingerprint density at radius 2 is 1.04 bits per heavy atom. The number of rotatable bonds is 4. The number of benzene rings is 3. The predicted octanol–water partition coefficient (Wildman–Crippen LogP) is 4.86. The molecule has 0 aromatic heterocycles. The van der Waals surface area contributed by atoms with E-state index in [1.54, 1.807) is 42.5 Å². The molecule has 118 valence electrons. The summed E-state index contributed by atoms with van der Waals surface area (Å²) >= 11 is 0. The first-order valence-electron chi connectivity index (χ1n) is 6.86. The van der Waals surface area contributed by atoms with Gasteiger partial charge < -0.3 is 20.9 Å². The van der Waals surface area contributed by atoms with Crippen molar-refractivity contribution in [3.05, 3.63) is 72.8 Å². The molecule has 0 spiro atoms. The minimum Gasteiger partial charge on any atom is -0.457 e. The average Bonchev–Trinajstić information content (AvgIpc) is 2.50. The maximum atomic E-state index is 5.91. The highest BCUT2D eigenvalue weighted by Crippen LogP contribution is 2.31. The molecular weight excluding hydrogens is 312 g/mol. The first-order valence-corrected chi connectivity index (χ1v) is 6.86. The van der Waals surface area contributed by atoms with Crippen molar-refractivity contribution in [2.45, 2.75) is 0 Å². The van der Waals surface area contributed by atoms with Gasteiger partial charge in [-0.25, -0.2) is 0 Å². The molecule has 4 nitrogen and oxygen atoms in total. The lowest BCUT2D eigenvalue weighted by molar-refractivity contribution is 0.461. The summed E-state index contributed by atoms with van der Waals surface area (Å²) in [6.45, 7) is 0. The van der Waals surface area contributed by atoms with Crippen LogP contribution in [0.4, 0.5) is 11.4 Å². The summed E-state index contributed by atoms with van der Waals surface area (Å²) in [6.07, 6.45) is 0. The van der Waals surface area contributed by atoms with Crippen LogP contribution in [0.25, 0.3) is 0 Å². The summed E-state index contributed by atoms with van der Waals surface area (Å²) in [4.78, 5) is 0. The Morgan fingerprint density at radius 3 is 1.61 bits per heavy atom. The lowest BCUT2D eigenvalue weighted by Gasteiger charge is -2.10. The molecule has 0 atom stereocenters. The lowest BCUT2D eigenvalue weighted by atomic mass is 10.2. The van der Waals surface area contributed by atoms with E-state index in [-0.39, 0.29) is 12.4 Å². The van der Waals surface area contributed by atoms with Crippen molar-refractivity contribution in [3.63, 3.8) is 0 Å². The van der Waals surface area contributed by atoms with Crippen molar-refractivity contribution in [2.75, 3.05) is 11.5 Å². The zero-order chi connectivity index (χ0) is 15.4. The van der Waals surface area contributed by atoms with Gasteiger partial charge in [-0.3, -0.25) is 0 Å². The van der Waals surface area contributed by atoms with Crippen LogP contribution in [0.15, 0.2) is 72.8 Å². The summed E-state index contributed by atoms with van der Waals surface area (Å²) in [5.74, 6) is 2.66. The van der Waals surface area contributed by atoms with Gasteiger partial charge in [-0.05, 0) is 36.4 Å². The van der Waals surface area contributed by atoms with Gasteiger partial charge in [0.2, 0.25) is 0 Å². The fourth-order valence-electron chi connectivity index (χ4n) is 2.01. The summed E-state index contributed by atoms with van der Waals surface area (Å²) in [6, 6.07) is 22.0. The van der Waals surface area contributed by atoms with E-state index < -0.39 is 0 Å². The van der Waals surface area contributed by atoms with Crippen molar-refractivity contribution in [3.8, 4) is 23.0 Å². The third-order valence-electron chi connectivity index (χ3n) is 3.00. The van der Waals surface area contributed by atoms with Gasteiger partial charge in [0.05, 0.1) is 0 Å². The number of anilines is 2. The van der Waals surface area contributed by atoms with E-state index in [0.29, 0.717) is 28.6 Å². The fourth-order valence-corrected chi connectivity index (χ4v) is 2.01. The minimum atomic E-state index is 0. The van der Waals surface area contributed by atoms with Gasteiger partial charge >= 0.3 is 0 Å². The topological polar surface area (TPSA) is 70.5 Å². The van der Waals surface area contributed by atoms with Crippen molar-refractivity contribution in [2.24, 2.45) is 0 Å². The second-order valence-electron chi connectivity index (χ2n) is 4.82. The third kappa shape index (κ3) is 4.56. The van der Waals surface area contributed by atoms with E-state index in [1.165, 1.54) is 0 Å². The van der Waals surface area contributed by atoms with Crippen LogP contribution >= 0.6 is 12.4 Å². The first kappa shape index (κ1) is 16.5. The third-order valence-corrected chi connectivity index (χ3v) is 3.00. The molecule has 0 heterocycles. The van der Waals surface area contributed by atoms with Crippen LogP contribution in [0.1, 0.15) is 0 Å². The molecule has 0 fully saturated rings. The Morgan fingerprint density at radius 1 is 0.522 bits per heavy atom. The van der Waals surface area contributed by atoms with Gasteiger partial charge in [-0.1, -0.05) is 18.2 Å². The Bertz CT molecular complexity index is 762. The van der Waals surface area contributed by atoms with E-state index in [4.69, 9.17) is 20.9 Å². The van der Waals surface area contributed by atoms with E-state index >= 15 is 0 Å². The second-order valence-corrected chi connectivity index (χ2v) is 4.82. The second kappa shape index (κ2) is 7.42. The van der Waals surface area contributed by atoms with Gasteiger partial charge in [0.15, 0.2) is 0 Å². The summed E-state index contributed by atoms with van der Waals surface area (Å²) in [5.41, 5.74) is 12.8. The molecule has 0 amide bonds. The van der Waals surface area contributed by atoms with Crippen LogP contribution in [0.2, 0.25) is 0 Å². The molecule has 0 unspecified atom stereocenters. The van der Waals surface area contributed by atoms with Crippen LogP contribution in [-0.2, 0) is 0 Å². The summed E-state index contributed by atoms with van der Waals surface area (Å²) in [7, 11) is 0. The molecule has 3 rings (SSSR count). The Labute approximate surface area is 141 Å². The maximum absolute atomic E-state index is 5.91. The van der Waals surface area contributed by atoms with Gasteiger partial charge in [0.25, 0.3) is 0 Å². The van der Waals surface area contributed by atoms with Gasteiger partial charge in [0, 0.05) is 29.6 Å². The van der Waals surface area contributed by atoms with Gasteiger partial charge in [-0.2, -0.15) is 0 Å². The molecule has 0 bridgehead atoms. The molecule has 0 aliphatic rings. The first-order chi connectivity index (χ1) is 10.7. The van der Waals surface area contributed by atoms with E-state index in [0.717, 1.165) is 5.75 Å². The number of ether oxygens (including phenoxy) is 2. The zero-order valence-electron chi connectivity index (χ0n) is 12.3. The van der Waals surface area contributed by atoms with Crippen LogP contribution < -0.4 is 20.9 Å². The van der Waals surface area contributed by atoms with Crippen molar-refractivity contribution in [1.82, 2.24) is 0 Å².